The maximum atomic E-state index is 12.2. The van der Waals surface area contributed by atoms with E-state index < -0.39 is 18.5 Å². The standard InChI is InChI=1S/C16H17N3O4/c1-10(2)18-13(20)9-22-16(21)14-11(3)23-15(12(14)8-17)19-6-4-5-7-19/h4-7,10H,9H2,1-3H3,(H,18,20). The number of carbonyl (C=O) groups excluding carboxylic acids is 2. The molecule has 0 fully saturated rings. The highest BCUT2D eigenvalue weighted by Crippen LogP contribution is 2.26. The molecular formula is C16H17N3O4. The minimum Gasteiger partial charge on any atom is -0.452 e. The molecule has 2 rings (SSSR count). The average molecular weight is 315 g/mol. The van der Waals surface area contributed by atoms with E-state index in [1.165, 1.54) is 0 Å². The van der Waals surface area contributed by atoms with Crippen molar-refractivity contribution in [2.75, 3.05) is 6.61 Å². The summed E-state index contributed by atoms with van der Waals surface area (Å²) in [6, 6.07) is 5.45. The van der Waals surface area contributed by atoms with Gasteiger partial charge in [-0.15, -0.1) is 0 Å². The summed E-state index contributed by atoms with van der Waals surface area (Å²) in [5, 5.41) is 12.0. The number of nitrogens with zero attached hydrogens (tertiary/aromatic N) is 2. The van der Waals surface area contributed by atoms with Crippen LogP contribution in [0.4, 0.5) is 0 Å². The third kappa shape index (κ3) is 3.61. The van der Waals surface area contributed by atoms with Crippen LogP contribution in [0.3, 0.4) is 0 Å². The summed E-state index contributed by atoms with van der Waals surface area (Å²) < 4.78 is 12.1. The van der Waals surface area contributed by atoms with Crippen molar-refractivity contribution in [2.24, 2.45) is 0 Å². The largest absolute Gasteiger partial charge is 0.452 e. The zero-order chi connectivity index (χ0) is 17.0. The minimum atomic E-state index is -0.764. The molecule has 0 bridgehead atoms. The van der Waals surface area contributed by atoms with Gasteiger partial charge in [0.2, 0.25) is 5.88 Å². The van der Waals surface area contributed by atoms with Gasteiger partial charge in [-0.1, -0.05) is 0 Å². The molecule has 2 aromatic heterocycles. The van der Waals surface area contributed by atoms with Gasteiger partial charge in [-0.3, -0.25) is 9.36 Å². The van der Waals surface area contributed by atoms with Gasteiger partial charge < -0.3 is 14.5 Å². The number of rotatable bonds is 5. The van der Waals surface area contributed by atoms with Gasteiger partial charge >= 0.3 is 5.97 Å². The van der Waals surface area contributed by atoms with Crippen LogP contribution in [0.2, 0.25) is 0 Å². The van der Waals surface area contributed by atoms with Crippen molar-refractivity contribution in [1.29, 1.82) is 5.26 Å². The predicted molar refractivity (Wildman–Crippen MR) is 81.0 cm³/mol. The molecule has 0 radical (unpaired) electrons. The van der Waals surface area contributed by atoms with E-state index in [0.29, 0.717) is 0 Å². The third-order valence-electron chi connectivity index (χ3n) is 3.00. The summed E-state index contributed by atoms with van der Waals surface area (Å²) in [7, 11) is 0. The maximum absolute atomic E-state index is 12.2. The van der Waals surface area contributed by atoms with E-state index in [-0.39, 0.29) is 28.8 Å². The van der Waals surface area contributed by atoms with Crippen molar-refractivity contribution in [3.05, 3.63) is 41.4 Å². The zero-order valence-corrected chi connectivity index (χ0v) is 13.1. The number of esters is 1. The van der Waals surface area contributed by atoms with Crippen LogP contribution in [0.1, 0.15) is 35.5 Å². The number of nitriles is 1. The molecule has 0 aliphatic heterocycles. The highest BCUT2D eigenvalue weighted by molar-refractivity contribution is 5.95. The molecule has 120 valence electrons. The highest BCUT2D eigenvalue weighted by atomic mass is 16.5. The summed E-state index contributed by atoms with van der Waals surface area (Å²) >= 11 is 0. The Morgan fingerprint density at radius 1 is 1.39 bits per heavy atom. The maximum Gasteiger partial charge on any atom is 0.343 e. The van der Waals surface area contributed by atoms with E-state index in [1.807, 2.05) is 6.07 Å². The van der Waals surface area contributed by atoms with Crippen LogP contribution >= 0.6 is 0 Å². The Balaban J connectivity index is 2.21. The summed E-state index contributed by atoms with van der Waals surface area (Å²) in [6.07, 6.45) is 3.40. The smallest absolute Gasteiger partial charge is 0.343 e. The SMILES string of the molecule is Cc1oc(-n2cccc2)c(C#N)c1C(=O)OCC(=O)NC(C)C. The summed E-state index contributed by atoms with van der Waals surface area (Å²) in [4.78, 5) is 23.7. The van der Waals surface area contributed by atoms with E-state index in [2.05, 4.69) is 5.32 Å². The van der Waals surface area contributed by atoms with Crippen LogP contribution in [-0.4, -0.2) is 29.1 Å². The average Bonchev–Trinajstić information content (AvgIpc) is 3.10. The van der Waals surface area contributed by atoms with Gasteiger partial charge in [0.1, 0.15) is 23.0 Å². The van der Waals surface area contributed by atoms with E-state index in [4.69, 9.17) is 9.15 Å². The molecular weight excluding hydrogens is 298 g/mol. The second kappa shape index (κ2) is 6.83. The minimum absolute atomic E-state index is 0.0357. The highest BCUT2D eigenvalue weighted by Gasteiger charge is 2.26. The van der Waals surface area contributed by atoms with Gasteiger partial charge in [-0.25, -0.2) is 4.79 Å². The molecule has 0 spiro atoms. The summed E-state index contributed by atoms with van der Waals surface area (Å²) in [6.45, 7) is 4.76. The number of hydrogen-bond acceptors (Lipinski definition) is 5. The van der Waals surface area contributed by atoms with Crippen LogP contribution < -0.4 is 5.32 Å². The van der Waals surface area contributed by atoms with Crippen molar-refractivity contribution < 1.29 is 18.7 Å². The van der Waals surface area contributed by atoms with Crippen LogP contribution in [0, 0.1) is 18.3 Å². The van der Waals surface area contributed by atoms with Gasteiger partial charge in [-0.05, 0) is 32.9 Å². The topological polar surface area (TPSA) is 97.3 Å². The first-order chi connectivity index (χ1) is 10.9. The normalized spacial score (nSPS) is 10.4. The lowest BCUT2D eigenvalue weighted by atomic mass is 10.1. The lowest BCUT2D eigenvalue weighted by molar-refractivity contribution is -0.124. The van der Waals surface area contributed by atoms with Gasteiger partial charge in [0.15, 0.2) is 6.61 Å². The Morgan fingerprint density at radius 3 is 2.61 bits per heavy atom. The molecule has 2 aromatic rings. The third-order valence-corrected chi connectivity index (χ3v) is 3.00. The van der Waals surface area contributed by atoms with Crippen molar-refractivity contribution in [2.45, 2.75) is 26.8 Å². The molecule has 23 heavy (non-hydrogen) atoms. The number of nitrogens with one attached hydrogen (secondary N) is 1. The Labute approximate surface area is 133 Å². The number of aromatic nitrogens is 1. The Kier molecular flexibility index (Phi) is 4.86. The van der Waals surface area contributed by atoms with Crippen molar-refractivity contribution >= 4 is 11.9 Å². The molecule has 7 nitrogen and oxygen atoms in total. The van der Waals surface area contributed by atoms with E-state index >= 15 is 0 Å². The van der Waals surface area contributed by atoms with Gasteiger partial charge in [0.25, 0.3) is 5.91 Å². The molecule has 0 aliphatic rings. The van der Waals surface area contributed by atoms with Crippen LogP contribution in [0.25, 0.3) is 5.88 Å². The fourth-order valence-electron chi connectivity index (χ4n) is 2.10. The number of furan rings is 1. The van der Waals surface area contributed by atoms with Crippen LogP contribution in [0.5, 0.6) is 0 Å². The molecule has 0 saturated carbocycles. The van der Waals surface area contributed by atoms with Crippen molar-refractivity contribution in [1.82, 2.24) is 9.88 Å². The zero-order valence-electron chi connectivity index (χ0n) is 13.1. The number of amides is 1. The van der Waals surface area contributed by atoms with Gasteiger partial charge in [0.05, 0.1) is 0 Å². The quantitative estimate of drug-likeness (QED) is 0.850. The number of ether oxygens (including phenoxy) is 1. The molecule has 0 atom stereocenters. The summed E-state index contributed by atoms with van der Waals surface area (Å²) in [5.74, 6) is -0.660. The lowest BCUT2D eigenvalue weighted by Gasteiger charge is -2.08. The molecule has 7 heteroatoms. The van der Waals surface area contributed by atoms with E-state index in [0.717, 1.165) is 0 Å². The van der Waals surface area contributed by atoms with E-state index in [1.54, 1.807) is 49.9 Å². The molecule has 0 aliphatic carbocycles. The molecule has 0 unspecified atom stereocenters. The number of aryl methyl sites for hydroxylation is 1. The Morgan fingerprint density at radius 2 is 2.04 bits per heavy atom. The van der Waals surface area contributed by atoms with Crippen molar-refractivity contribution in [3.63, 3.8) is 0 Å². The fraction of sp³-hybridized carbons (Fsp3) is 0.312. The molecule has 2 heterocycles. The monoisotopic (exact) mass is 315 g/mol. The second-order valence-electron chi connectivity index (χ2n) is 5.21. The fourth-order valence-corrected chi connectivity index (χ4v) is 2.10. The van der Waals surface area contributed by atoms with Crippen LogP contribution in [-0.2, 0) is 9.53 Å². The summed E-state index contributed by atoms with van der Waals surface area (Å²) in [5.41, 5.74) is 0.113. The first-order valence-corrected chi connectivity index (χ1v) is 7.07. The number of hydrogen-bond donors (Lipinski definition) is 1. The Bertz CT molecular complexity index is 751. The first kappa shape index (κ1) is 16.4. The molecule has 1 N–H and O–H groups in total. The lowest BCUT2D eigenvalue weighted by Crippen LogP contribution is -2.34. The first-order valence-electron chi connectivity index (χ1n) is 7.07. The molecule has 0 aromatic carbocycles. The molecule has 1 amide bonds. The van der Waals surface area contributed by atoms with E-state index in [9.17, 15) is 14.9 Å². The molecule has 0 saturated heterocycles. The van der Waals surface area contributed by atoms with Crippen LogP contribution in [0.15, 0.2) is 28.9 Å². The van der Waals surface area contributed by atoms with Crippen molar-refractivity contribution in [3.8, 4) is 12.0 Å². The number of carbonyl (C=O) groups is 2. The van der Waals surface area contributed by atoms with Gasteiger partial charge in [0, 0.05) is 18.4 Å². The van der Waals surface area contributed by atoms with Gasteiger partial charge in [-0.2, -0.15) is 5.26 Å². The second-order valence-corrected chi connectivity index (χ2v) is 5.21. The Hall–Kier alpha value is -3.01. The predicted octanol–water partition coefficient (Wildman–Crippen LogP) is 1.93.